The molecule has 0 heterocycles. The van der Waals surface area contributed by atoms with E-state index in [0.29, 0.717) is 11.4 Å². The van der Waals surface area contributed by atoms with E-state index in [-0.39, 0.29) is 13.2 Å². The van der Waals surface area contributed by atoms with Gasteiger partial charge in [-0.25, -0.2) is 4.79 Å². The molecular formula is C15H14INO3. The Morgan fingerprint density at radius 1 is 1.10 bits per heavy atom. The fraction of sp³-hybridized carbons (Fsp3) is 0.133. The number of nitrogen functional groups attached to an aromatic ring is 1. The van der Waals surface area contributed by atoms with E-state index >= 15 is 0 Å². The topological polar surface area (TPSA) is 61.5 Å². The standard InChI is InChI=1S/C15H14INO3/c16-12-7-5-11(6-8-12)9-20-15(18)10-19-14-4-2-1-3-13(14)17/h1-8H,9-10,17H2. The van der Waals surface area contributed by atoms with Crippen LogP contribution in [-0.4, -0.2) is 12.6 Å². The third-order valence-electron chi connectivity index (χ3n) is 2.58. The Morgan fingerprint density at radius 3 is 2.50 bits per heavy atom. The molecule has 0 bridgehead atoms. The van der Waals surface area contributed by atoms with Gasteiger partial charge in [0.2, 0.25) is 0 Å². The van der Waals surface area contributed by atoms with Gasteiger partial charge in [0.05, 0.1) is 5.69 Å². The summed E-state index contributed by atoms with van der Waals surface area (Å²) in [5.74, 6) is 0.0607. The van der Waals surface area contributed by atoms with Crippen molar-refractivity contribution in [1.29, 1.82) is 0 Å². The fourth-order valence-electron chi connectivity index (χ4n) is 1.53. The number of benzene rings is 2. The molecule has 20 heavy (non-hydrogen) atoms. The zero-order valence-electron chi connectivity index (χ0n) is 10.7. The minimum absolute atomic E-state index is 0.154. The van der Waals surface area contributed by atoms with E-state index in [2.05, 4.69) is 22.6 Å². The molecule has 4 nitrogen and oxygen atoms in total. The van der Waals surface area contributed by atoms with Gasteiger partial charge >= 0.3 is 5.97 Å². The highest BCUT2D eigenvalue weighted by atomic mass is 127. The summed E-state index contributed by atoms with van der Waals surface area (Å²) >= 11 is 2.22. The van der Waals surface area contributed by atoms with Crippen LogP contribution in [0, 0.1) is 3.57 Å². The van der Waals surface area contributed by atoms with E-state index in [1.54, 1.807) is 24.3 Å². The van der Waals surface area contributed by atoms with Gasteiger partial charge in [-0.1, -0.05) is 24.3 Å². The summed E-state index contributed by atoms with van der Waals surface area (Å²) in [5.41, 5.74) is 7.15. The molecule has 0 amide bonds. The summed E-state index contributed by atoms with van der Waals surface area (Å²) in [5, 5.41) is 0. The molecule has 0 aliphatic heterocycles. The molecule has 0 atom stereocenters. The number of carbonyl (C=O) groups excluding carboxylic acids is 1. The molecule has 0 unspecified atom stereocenters. The lowest BCUT2D eigenvalue weighted by molar-refractivity contribution is -0.147. The number of halogens is 1. The number of carbonyl (C=O) groups is 1. The molecule has 2 aromatic rings. The predicted molar refractivity (Wildman–Crippen MR) is 85.3 cm³/mol. The van der Waals surface area contributed by atoms with Gasteiger partial charge in [-0.15, -0.1) is 0 Å². The van der Waals surface area contributed by atoms with Crippen molar-refractivity contribution < 1.29 is 14.3 Å². The Balaban J connectivity index is 1.78. The Kier molecular flexibility index (Phi) is 5.23. The maximum absolute atomic E-state index is 11.6. The van der Waals surface area contributed by atoms with Crippen LogP contribution in [0.15, 0.2) is 48.5 Å². The highest BCUT2D eigenvalue weighted by molar-refractivity contribution is 14.1. The number of anilines is 1. The van der Waals surface area contributed by atoms with Gasteiger partial charge in [0.1, 0.15) is 12.4 Å². The molecular weight excluding hydrogens is 369 g/mol. The normalized spacial score (nSPS) is 10.1. The van der Waals surface area contributed by atoms with Crippen molar-refractivity contribution in [1.82, 2.24) is 0 Å². The molecule has 0 spiro atoms. The lowest BCUT2D eigenvalue weighted by Gasteiger charge is -2.08. The Bertz CT molecular complexity index is 584. The lowest BCUT2D eigenvalue weighted by Crippen LogP contribution is -2.15. The average Bonchev–Trinajstić information content (AvgIpc) is 2.46. The first kappa shape index (κ1) is 14.6. The van der Waals surface area contributed by atoms with E-state index in [1.807, 2.05) is 24.3 Å². The molecule has 0 saturated heterocycles. The van der Waals surface area contributed by atoms with Gasteiger partial charge in [-0.2, -0.15) is 0 Å². The smallest absolute Gasteiger partial charge is 0.344 e. The molecule has 104 valence electrons. The number of nitrogens with two attached hydrogens (primary N) is 1. The van der Waals surface area contributed by atoms with Crippen LogP contribution in [0.4, 0.5) is 5.69 Å². The number of hydrogen-bond acceptors (Lipinski definition) is 4. The maximum atomic E-state index is 11.6. The summed E-state index contributed by atoms with van der Waals surface area (Å²) < 4.78 is 11.6. The first-order chi connectivity index (χ1) is 9.65. The van der Waals surface area contributed by atoms with Gasteiger partial charge in [0.15, 0.2) is 6.61 Å². The van der Waals surface area contributed by atoms with E-state index < -0.39 is 5.97 Å². The van der Waals surface area contributed by atoms with Crippen molar-refractivity contribution in [3.05, 3.63) is 57.7 Å². The van der Waals surface area contributed by atoms with Crippen LogP contribution in [0.5, 0.6) is 5.75 Å². The molecule has 2 rings (SSSR count). The largest absolute Gasteiger partial charge is 0.480 e. The van der Waals surface area contributed by atoms with Crippen LogP contribution in [0.2, 0.25) is 0 Å². The highest BCUT2D eigenvalue weighted by Crippen LogP contribution is 2.19. The zero-order chi connectivity index (χ0) is 14.4. The Labute approximate surface area is 131 Å². The molecule has 0 fully saturated rings. The van der Waals surface area contributed by atoms with Crippen LogP contribution in [0.25, 0.3) is 0 Å². The molecule has 5 heteroatoms. The second-order valence-electron chi connectivity index (χ2n) is 4.11. The van der Waals surface area contributed by atoms with Crippen LogP contribution < -0.4 is 10.5 Å². The molecule has 2 aromatic carbocycles. The van der Waals surface area contributed by atoms with E-state index in [0.717, 1.165) is 9.13 Å². The van der Waals surface area contributed by atoms with Gasteiger partial charge in [0, 0.05) is 3.57 Å². The minimum Gasteiger partial charge on any atom is -0.480 e. The molecule has 0 aromatic heterocycles. The van der Waals surface area contributed by atoms with Gasteiger partial charge in [-0.3, -0.25) is 0 Å². The van der Waals surface area contributed by atoms with E-state index in [4.69, 9.17) is 15.2 Å². The van der Waals surface area contributed by atoms with Crippen molar-refractivity contribution in [2.24, 2.45) is 0 Å². The number of para-hydroxylation sites is 2. The number of esters is 1. The van der Waals surface area contributed by atoms with E-state index in [9.17, 15) is 4.79 Å². The van der Waals surface area contributed by atoms with Gasteiger partial charge < -0.3 is 15.2 Å². The molecule has 0 saturated carbocycles. The number of hydrogen-bond donors (Lipinski definition) is 1. The van der Waals surface area contributed by atoms with Gasteiger partial charge in [0.25, 0.3) is 0 Å². The van der Waals surface area contributed by atoms with Crippen molar-refractivity contribution in [3.8, 4) is 5.75 Å². The first-order valence-corrected chi connectivity index (χ1v) is 7.10. The first-order valence-electron chi connectivity index (χ1n) is 6.02. The van der Waals surface area contributed by atoms with Crippen molar-refractivity contribution in [2.75, 3.05) is 12.3 Å². The molecule has 0 aliphatic rings. The molecule has 0 radical (unpaired) electrons. The van der Waals surface area contributed by atoms with Crippen LogP contribution in [0.3, 0.4) is 0 Å². The number of rotatable bonds is 5. The lowest BCUT2D eigenvalue weighted by atomic mass is 10.2. The third-order valence-corrected chi connectivity index (χ3v) is 3.30. The summed E-state index contributed by atoms with van der Waals surface area (Å²) in [7, 11) is 0. The molecule has 2 N–H and O–H groups in total. The second kappa shape index (κ2) is 7.14. The monoisotopic (exact) mass is 383 g/mol. The fourth-order valence-corrected chi connectivity index (χ4v) is 1.89. The SMILES string of the molecule is Nc1ccccc1OCC(=O)OCc1ccc(I)cc1. The van der Waals surface area contributed by atoms with Gasteiger partial charge in [-0.05, 0) is 52.4 Å². The maximum Gasteiger partial charge on any atom is 0.344 e. The Morgan fingerprint density at radius 2 is 1.80 bits per heavy atom. The second-order valence-corrected chi connectivity index (χ2v) is 5.36. The van der Waals surface area contributed by atoms with Crippen LogP contribution in [0.1, 0.15) is 5.56 Å². The summed E-state index contributed by atoms with van der Waals surface area (Å²) in [6, 6.07) is 14.8. The van der Waals surface area contributed by atoms with Crippen LogP contribution in [-0.2, 0) is 16.1 Å². The summed E-state index contributed by atoms with van der Waals surface area (Å²) in [4.78, 5) is 11.6. The summed E-state index contributed by atoms with van der Waals surface area (Å²) in [6.45, 7) is 0.0853. The van der Waals surface area contributed by atoms with Crippen molar-refractivity contribution >= 4 is 34.2 Å². The summed E-state index contributed by atoms with van der Waals surface area (Å²) in [6.07, 6.45) is 0. The van der Waals surface area contributed by atoms with E-state index in [1.165, 1.54) is 0 Å². The average molecular weight is 383 g/mol. The zero-order valence-corrected chi connectivity index (χ0v) is 12.9. The number of ether oxygens (including phenoxy) is 2. The van der Waals surface area contributed by atoms with Crippen molar-refractivity contribution in [3.63, 3.8) is 0 Å². The van der Waals surface area contributed by atoms with Crippen LogP contribution >= 0.6 is 22.6 Å². The quantitative estimate of drug-likeness (QED) is 0.490. The minimum atomic E-state index is -0.424. The third kappa shape index (κ3) is 4.41. The molecule has 0 aliphatic carbocycles. The highest BCUT2D eigenvalue weighted by Gasteiger charge is 2.06. The van der Waals surface area contributed by atoms with Crippen molar-refractivity contribution in [2.45, 2.75) is 6.61 Å². The predicted octanol–water partition coefficient (Wildman–Crippen LogP) is 3.00. The Hall–Kier alpha value is -1.76.